The Morgan fingerprint density at radius 2 is 1.84 bits per heavy atom. The van der Waals surface area contributed by atoms with Crippen LogP contribution in [0.2, 0.25) is 5.02 Å². The predicted octanol–water partition coefficient (Wildman–Crippen LogP) is 4.69. The number of carbonyl (C=O) groups is 1. The van der Waals surface area contributed by atoms with Gasteiger partial charge in [0.2, 0.25) is 11.9 Å². The summed E-state index contributed by atoms with van der Waals surface area (Å²) in [4.78, 5) is 28.0. The Kier molecular flexibility index (Phi) is 5.41. The van der Waals surface area contributed by atoms with Crippen molar-refractivity contribution in [3.63, 3.8) is 0 Å². The fraction of sp³-hybridized carbons (Fsp3) is 0.208. The van der Waals surface area contributed by atoms with E-state index in [1.54, 1.807) is 13.1 Å². The second kappa shape index (κ2) is 8.51. The third-order valence-electron chi connectivity index (χ3n) is 5.81. The molecule has 8 heteroatoms. The highest BCUT2D eigenvalue weighted by Crippen LogP contribution is 2.31. The fourth-order valence-electron chi connectivity index (χ4n) is 4.06. The van der Waals surface area contributed by atoms with Crippen LogP contribution in [0.15, 0.2) is 60.9 Å². The number of rotatable bonds is 4. The zero-order chi connectivity index (χ0) is 22.1. The average Bonchev–Trinajstić information content (AvgIpc) is 3.25. The first-order valence-corrected chi connectivity index (χ1v) is 10.9. The quantitative estimate of drug-likeness (QED) is 0.475. The van der Waals surface area contributed by atoms with Gasteiger partial charge in [-0.05, 0) is 36.4 Å². The molecule has 2 N–H and O–H groups in total. The molecule has 5 rings (SSSR count). The Bertz CT molecular complexity index is 1260. The van der Waals surface area contributed by atoms with Gasteiger partial charge in [0.05, 0.1) is 16.2 Å². The highest BCUT2D eigenvalue weighted by molar-refractivity contribution is 6.35. The van der Waals surface area contributed by atoms with E-state index < -0.39 is 0 Å². The van der Waals surface area contributed by atoms with Gasteiger partial charge in [-0.15, -0.1) is 0 Å². The van der Waals surface area contributed by atoms with Crippen LogP contribution in [-0.2, 0) is 4.79 Å². The molecule has 1 amide bonds. The number of hydrogen-bond donors (Lipinski definition) is 2. The van der Waals surface area contributed by atoms with Gasteiger partial charge in [-0.25, -0.2) is 9.97 Å². The third kappa shape index (κ3) is 3.99. The second-order valence-electron chi connectivity index (χ2n) is 7.80. The van der Waals surface area contributed by atoms with Gasteiger partial charge in [0, 0.05) is 67.8 Å². The molecule has 2 aromatic heterocycles. The Hall–Kier alpha value is -3.58. The van der Waals surface area contributed by atoms with E-state index in [1.807, 2.05) is 47.5 Å². The van der Waals surface area contributed by atoms with Gasteiger partial charge in [-0.3, -0.25) is 4.79 Å². The van der Waals surface area contributed by atoms with E-state index in [4.69, 9.17) is 16.6 Å². The molecule has 0 unspecified atom stereocenters. The summed E-state index contributed by atoms with van der Waals surface area (Å²) in [7, 11) is 0. The molecule has 0 saturated carbocycles. The lowest BCUT2D eigenvalue weighted by atomic mass is 10.1. The number of amides is 1. The molecule has 2 aromatic carbocycles. The summed E-state index contributed by atoms with van der Waals surface area (Å²) in [6.07, 6.45) is 3.67. The number of anilines is 3. The number of aromatic amines is 1. The van der Waals surface area contributed by atoms with Gasteiger partial charge < -0.3 is 20.1 Å². The van der Waals surface area contributed by atoms with Crippen LogP contribution in [0, 0.1) is 0 Å². The molecule has 7 nitrogen and oxygen atoms in total. The van der Waals surface area contributed by atoms with Crippen molar-refractivity contribution in [1.29, 1.82) is 0 Å². The maximum atomic E-state index is 11.5. The van der Waals surface area contributed by atoms with Crippen LogP contribution in [0.1, 0.15) is 6.92 Å². The molecule has 0 bridgehead atoms. The SMILES string of the molecule is CC(=O)N1CCN(c2ccc(Nc3nccc(-c4c[nH]c5c(Cl)cccc45)n3)cc2)CC1. The zero-order valence-electron chi connectivity index (χ0n) is 17.7. The molecule has 0 radical (unpaired) electrons. The number of fused-ring (bicyclic) bond motifs is 1. The summed E-state index contributed by atoms with van der Waals surface area (Å²) < 4.78 is 0. The zero-order valence-corrected chi connectivity index (χ0v) is 18.4. The van der Waals surface area contributed by atoms with Crippen molar-refractivity contribution in [2.24, 2.45) is 0 Å². The Morgan fingerprint density at radius 1 is 1.06 bits per heavy atom. The van der Waals surface area contributed by atoms with E-state index in [-0.39, 0.29) is 5.91 Å². The van der Waals surface area contributed by atoms with E-state index >= 15 is 0 Å². The normalized spacial score (nSPS) is 14.1. The van der Waals surface area contributed by atoms with E-state index in [0.29, 0.717) is 11.0 Å². The molecule has 4 aromatic rings. The summed E-state index contributed by atoms with van der Waals surface area (Å²) in [5, 5.41) is 5.00. The molecule has 162 valence electrons. The molecule has 0 aliphatic carbocycles. The Labute approximate surface area is 191 Å². The maximum Gasteiger partial charge on any atom is 0.227 e. The van der Waals surface area contributed by atoms with Gasteiger partial charge in [0.15, 0.2) is 0 Å². The number of halogens is 1. The molecular weight excluding hydrogens is 424 g/mol. The number of aromatic nitrogens is 3. The lowest BCUT2D eigenvalue weighted by molar-refractivity contribution is -0.129. The monoisotopic (exact) mass is 446 g/mol. The molecule has 0 atom stereocenters. The average molecular weight is 447 g/mol. The summed E-state index contributed by atoms with van der Waals surface area (Å²) in [5.41, 5.74) is 4.75. The van der Waals surface area contributed by atoms with Crippen molar-refractivity contribution in [1.82, 2.24) is 19.9 Å². The topological polar surface area (TPSA) is 77.2 Å². The van der Waals surface area contributed by atoms with Crippen LogP contribution < -0.4 is 10.2 Å². The number of carbonyl (C=O) groups excluding carboxylic acids is 1. The van der Waals surface area contributed by atoms with Crippen LogP contribution in [0.5, 0.6) is 0 Å². The number of benzene rings is 2. The van der Waals surface area contributed by atoms with Crippen molar-refractivity contribution in [2.45, 2.75) is 6.92 Å². The van der Waals surface area contributed by atoms with E-state index in [1.165, 1.54) is 0 Å². The molecule has 1 aliphatic heterocycles. The number of nitrogens with zero attached hydrogens (tertiary/aromatic N) is 4. The predicted molar refractivity (Wildman–Crippen MR) is 129 cm³/mol. The van der Waals surface area contributed by atoms with Crippen LogP contribution in [-0.4, -0.2) is 51.9 Å². The van der Waals surface area contributed by atoms with Crippen molar-refractivity contribution in [3.8, 4) is 11.3 Å². The number of hydrogen-bond acceptors (Lipinski definition) is 5. The van der Waals surface area contributed by atoms with Crippen LogP contribution in [0.4, 0.5) is 17.3 Å². The third-order valence-corrected chi connectivity index (χ3v) is 6.12. The second-order valence-corrected chi connectivity index (χ2v) is 8.20. The van der Waals surface area contributed by atoms with Crippen LogP contribution in [0.3, 0.4) is 0 Å². The maximum absolute atomic E-state index is 11.5. The first kappa shape index (κ1) is 20.3. The molecule has 1 aliphatic rings. The summed E-state index contributed by atoms with van der Waals surface area (Å²) in [5.74, 6) is 0.670. The lowest BCUT2D eigenvalue weighted by Gasteiger charge is -2.35. The van der Waals surface area contributed by atoms with Crippen molar-refractivity contribution >= 4 is 45.7 Å². The Morgan fingerprint density at radius 3 is 2.59 bits per heavy atom. The van der Waals surface area contributed by atoms with E-state index in [0.717, 1.165) is 59.7 Å². The summed E-state index contributed by atoms with van der Waals surface area (Å²) in [6.45, 7) is 4.82. The minimum Gasteiger partial charge on any atom is -0.368 e. The molecule has 1 fully saturated rings. The fourth-order valence-corrected chi connectivity index (χ4v) is 4.29. The molecule has 3 heterocycles. The van der Waals surface area contributed by atoms with Crippen LogP contribution in [0.25, 0.3) is 22.2 Å². The smallest absolute Gasteiger partial charge is 0.227 e. The molecule has 0 spiro atoms. The number of para-hydroxylation sites is 1. The summed E-state index contributed by atoms with van der Waals surface area (Å²) >= 11 is 6.29. The standard InChI is InChI=1S/C24H23ClN6O/c1-16(32)30-11-13-31(14-12-30)18-7-5-17(6-8-18)28-24-26-10-9-22(29-24)20-15-27-23-19(20)3-2-4-21(23)25/h2-10,15,27H,11-14H2,1H3,(H,26,28,29). The Balaban J connectivity index is 1.31. The first-order valence-electron chi connectivity index (χ1n) is 10.5. The van der Waals surface area contributed by atoms with Gasteiger partial charge in [0.1, 0.15) is 0 Å². The van der Waals surface area contributed by atoms with E-state index in [2.05, 4.69) is 32.3 Å². The van der Waals surface area contributed by atoms with Gasteiger partial charge >= 0.3 is 0 Å². The highest BCUT2D eigenvalue weighted by atomic mass is 35.5. The van der Waals surface area contributed by atoms with Crippen molar-refractivity contribution in [2.75, 3.05) is 36.4 Å². The van der Waals surface area contributed by atoms with E-state index in [9.17, 15) is 4.79 Å². The highest BCUT2D eigenvalue weighted by Gasteiger charge is 2.18. The van der Waals surface area contributed by atoms with Gasteiger partial charge in [0.25, 0.3) is 0 Å². The molecule has 32 heavy (non-hydrogen) atoms. The molecule has 1 saturated heterocycles. The number of nitrogens with one attached hydrogen (secondary N) is 2. The lowest BCUT2D eigenvalue weighted by Crippen LogP contribution is -2.48. The largest absolute Gasteiger partial charge is 0.368 e. The van der Waals surface area contributed by atoms with Crippen LogP contribution >= 0.6 is 11.6 Å². The first-order chi connectivity index (χ1) is 15.6. The van der Waals surface area contributed by atoms with Crippen molar-refractivity contribution < 1.29 is 4.79 Å². The molecular formula is C24H23ClN6O. The number of H-pyrrole nitrogens is 1. The van der Waals surface area contributed by atoms with Gasteiger partial charge in [-0.1, -0.05) is 23.7 Å². The number of piperazine rings is 1. The minimum absolute atomic E-state index is 0.141. The van der Waals surface area contributed by atoms with Crippen molar-refractivity contribution in [3.05, 3.63) is 65.9 Å². The van der Waals surface area contributed by atoms with Gasteiger partial charge in [-0.2, -0.15) is 0 Å². The summed E-state index contributed by atoms with van der Waals surface area (Å²) in [6, 6.07) is 15.9. The minimum atomic E-state index is 0.141.